The maximum atomic E-state index is 5.90. The van der Waals surface area contributed by atoms with E-state index in [0.29, 0.717) is 5.92 Å². The smallest absolute Gasteiger partial charge is 0.0346 e. The van der Waals surface area contributed by atoms with Crippen LogP contribution in [0.2, 0.25) is 0 Å². The Balaban J connectivity index is 1.74. The zero-order valence-corrected chi connectivity index (χ0v) is 12.3. The van der Waals surface area contributed by atoms with Gasteiger partial charge in [0.1, 0.15) is 0 Å². The summed E-state index contributed by atoms with van der Waals surface area (Å²) in [5, 5.41) is 3.75. The molecule has 2 heterocycles. The molecule has 1 aliphatic rings. The van der Waals surface area contributed by atoms with E-state index in [1.165, 1.54) is 28.6 Å². The molecular formula is C16H22N2S. The Labute approximate surface area is 119 Å². The molecule has 102 valence electrons. The van der Waals surface area contributed by atoms with Crippen molar-refractivity contribution in [2.24, 2.45) is 17.6 Å². The van der Waals surface area contributed by atoms with Gasteiger partial charge in [-0.2, -0.15) is 0 Å². The molecular weight excluding hydrogens is 252 g/mol. The van der Waals surface area contributed by atoms with Crippen molar-refractivity contribution in [3.8, 4) is 0 Å². The van der Waals surface area contributed by atoms with Crippen molar-refractivity contribution in [1.82, 2.24) is 4.90 Å². The molecule has 19 heavy (non-hydrogen) atoms. The molecule has 1 saturated heterocycles. The lowest BCUT2D eigenvalue weighted by Gasteiger charge is -2.36. The summed E-state index contributed by atoms with van der Waals surface area (Å²) in [7, 11) is 0. The van der Waals surface area contributed by atoms with Gasteiger partial charge in [-0.1, -0.05) is 25.1 Å². The fourth-order valence-corrected chi connectivity index (χ4v) is 4.03. The molecule has 2 nitrogen and oxygen atoms in total. The number of thiophene rings is 1. The van der Waals surface area contributed by atoms with E-state index in [4.69, 9.17) is 5.73 Å². The Morgan fingerprint density at radius 1 is 1.37 bits per heavy atom. The number of fused-ring (bicyclic) bond motifs is 1. The number of nitrogens with two attached hydrogens (primary N) is 1. The van der Waals surface area contributed by atoms with Gasteiger partial charge >= 0.3 is 0 Å². The number of hydrogen-bond donors (Lipinski definition) is 1. The quantitative estimate of drug-likeness (QED) is 0.930. The van der Waals surface area contributed by atoms with Crippen molar-refractivity contribution in [1.29, 1.82) is 0 Å². The lowest BCUT2D eigenvalue weighted by molar-refractivity contribution is 0.126. The van der Waals surface area contributed by atoms with Gasteiger partial charge in [-0.15, -0.1) is 11.3 Å². The summed E-state index contributed by atoms with van der Waals surface area (Å²) in [6.45, 7) is 6.60. The van der Waals surface area contributed by atoms with Gasteiger partial charge in [-0.05, 0) is 53.7 Å². The van der Waals surface area contributed by atoms with Crippen molar-refractivity contribution in [2.75, 3.05) is 19.6 Å². The molecule has 2 atom stereocenters. The predicted octanol–water partition coefficient (Wildman–Crippen LogP) is 3.32. The molecule has 0 bridgehead atoms. The first kappa shape index (κ1) is 13.1. The van der Waals surface area contributed by atoms with Gasteiger partial charge < -0.3 is 5.73 Å². The third-order valence-corrected chi connectivity index (χ3v) is 5.47. The van der Waals surface area contributed by atoms with Crippen LogP contribution in [-0.4, -0.2) is 24.5 Å². The van der Waals surface area contributed by atoms with E-state index in [-0.39, 0.29) is 0 Å². The second-order valence-electron chi connectivity index (χ2n) is 5.75. The van der Waals surface area contributed by atoms with Crippen molar-refractivity contribution >= 4 is 21.4 Å². The fraction of sp³-hybridized carbons (Fsp3) is 0.500. The Morgan fingerprint density at radius 3 is 3.05 bits per heavy atom. The van der Waals surface area contributed by atoms with E-state index >= 15 is 0 Å². The molecule has 0 saturated carbocycles. The van der Waals surface area contributed by atoms with Crippen LogP contribution >= 0.6 is 11.3 Å². The molecule has 2 unspecified atom stereocenters. The molecule has 1 aromatic heterocycles. The highest BCUT2D eigenvalue weighted by Gasteiger charge is 2.25. The highest BCUT2D eigenvalue weighted by molar-refractivity contribution is 7.17. The summed E-state index contributed by atoms with van der Waals surface area (Å²) in [4.78, 5) is 2.58. The van der Waals surface area contributed by atoms with Crippen LogP contribution in [0.4, 0.5) is 0 Å². The number of nitrogens with zero attached hydrogens (tertiary/aromatic N) is 1. The lowest BCUT2D eigenvalue weighted by atomic mass is 9.87. The molecule has 0 radical (unpaired) electrons. The van der Waals surface area contributed by atoms with Crippen molar-refractivity contribution in [2.45, 2.75) is 19.9 Å². The van der Waals surface area contributed by atoms with Gasteiger partial charge in [0, 0.05) is 17.8 Å². The summed E-state index contributed by atoms with van der Waals surface area (Å²) in [5.41, 5.74) is 7.37. The average Bonchev–Trinajstić information content (AvgIpc) is 2.84. The van der Waals surface area contributed by atoms with Crippen LogP contribution in [0.3, 0.4) is 0 Å². The standard InChI is InChI=1S/C16H22N2S/c1-12-6-7-18(9-13(12)8-17)10-14-11-19-16-5-3-2-4-15(14)16/h2-5,11-13H,6-10,17H2,1H3. The number of hydrogen-bond acceptors (Lipinski definition) is 3. The third kappa shape index (κ3) is 2.69. The second kappa shape index (κ2) is 5.61. The summed E-state index contributed by atoms with van der Waals surface area (Å²) >= 11 is 1.86. The molecule has 0 amide bonds. The Kier molecular flexibility index (Phi) is 3.87. The minimum absolute atomic E-state index is 0.665. The van der Waals surface area contributed by atoms with Crippen LogP contribution in [-0.2, 0) is 6.54 Å². The van der Waals surface area contributed by atoms with E-state index in [9.17, 15) is 0 Å². The van der Waals surface area contributed by atoms with Gasteiger partial charge in [0.05, 0.1) is 0 Å². The Morgan fingerprint density at radius 2 is 2.21 bits per heavy atom. The fourth-order valence-electron chi connectivity index (χ4n) is 3.07. The van der Waals surface area contributed by atoms with Crippen LogP contribution in [0.5, 0.6) is 0 Å². The van der Waals surface area contributed by atoms with Crippen LogP contribution in [0.25, 0.3) is 10.1 Å². The van der Waals surface area contributed by atoms with E-state index in [2.05, 4.69) is 41.5 Å². The SMILES string of the molecule is CC1CCN(Cc2csc3ccccc23)CC1CN. The number of piperidine rings is 1. The van der Waals surface area contributed by atoms with Crippen LogP contribution < -0.4 is 5.73 Å². The predicted molar refractivity (Wildman–Crippen MR) is 83.4 cm³/mol. The number of likely N-dealkylation sites (tertiary alicyclic amines) is 1. The van der Waals surface area contributed by atoms with Crippen molar-refractivity contribution < 1.29 is 0 Å². The van der Waals surface area contributed by atoms with E-state index in [1.54, 1.807) is 0 Å². The molecule has 2 aromatic rings. The minimum atomic E-state index is 0.665. The summed E-state index contributed by atoms with van der Waals surface area (Å²) in [6, 6.07) is 8.72. The second-order valence-corrected chi connectivity index (χ2v) is 6.67. The zero-order chi connectivity index (χ0) is 13.2. The van der Waals surface area contributed by atoms with E-state index in [0.717, 1.165) is 25.6 Å². The lowest BCUT2D eigenvalue weighted by Crippen LogP contribution is -2.42. The van der Waals surface area contributed by atoms with Gasteiger partial charge in [0.2, 0.25) is 0 Å². The van der Waals surface area contributed by atoms with E-state index in [1.807, 2.05) is 11.3 Å². The van der Waals surface area contributed by atoms with Crippen molar-refractivity contribution in [3.63, 3.8) is 0 Å². The van der Waals surface area contributed by atoms with Gasteiger partial charge in [0.15, 0.2) is 0 Å². The zero-order valence-electron chi connectivity index (χ0n) is 11.5. The average molecular weight is 274 g/mol. The van der Waals surface area contributed by atoms with Crippen LogP contribution in [0, 0.1) is 11.8 Å². The first-order valence-corrected chi connectivity index (χ1v) is 8.03. The normalized spacial score (nSPS) is 24.9. The highest BCUT2D eigenvalue weighted by Crippen LogP contribution is 2.29. The molecule has 1 aliphatic heterocycles. The first-order chi connectivity index (χ1) is 9.28. The molecule has 1 aromatic carbocycles. The van der Waals surface area contributed by atoms with E-state index < -0.39 is 0 Å². The molecule has 1 fully saturated rings. The van der Waals surface area contributed by atoms with Gasteiger partial charge in [-0.25, -0.2) is 0 Å². The maximum absolute atomic E-state index is 5.90. The minimum Gasteiger partial charge on any atom is -0.330 e. The monoisotopic (exact) mass is 274 g/mol. The highest BCUT2D eigenvalue weighted by atomic mass is 32.1. The molecule has 0 spiro atoms. The first-order valence-electron chi connectivity index (χ1n) is 7.15. The van der Waals surface area contributed by atoms with Crippen LogP contribution in [0.1, 0.15) is 18.9 Å². The van der Waals surface area contributed by atoms with Gasteiger partial charge in [-0.3, -0.25) is 4.90 Å². The summed E-state index contributed by atoms with van der Waals surface area (Å²) in [5.74, 6) is 1.44. The Bertz CT molecular complexity index is 548. The third-order valence-electron chi connectivity index (χ3n) is 4.46. The summed E-state index contributed by atoms with van der Waals surface area (Å²) < 4.78 is 1.40. The van der Waals surface area contributed by atoms with Gasteiger partial charge in [0.25, 0.3) is 0 Å². The maximum Gasteiger partial charge on any atom is 0.0346 e. The molecule has 0 aliphatic carbocycles. The molecule has 3 rings (SSSR count). The summed E-state index contributed by atoms with van der Waals surface area (Å²) in [6.07, 6.45) is 1.28. The Hall–Kier alpha value is -0.900. The topological polar surface area (TPSA) is 29.3 Å². The number of benzene rings is 1. The van der Waals surface area contributed by atoms with Crippen molar-refractivity contribution in [3.05, 3.63) is 35.2 Å². The number of rotatable bonds is 3. The molecule has 2 N–H and O–H groups in total. The van der Waals surface area contributed by atoms with Crippen LogP contribution in [0.15, 0.2) is 29.6 Å². The largest absolute Gasteiger partial charge is 0.330 e. The molecule has 3 heteroatoms.